The van der Waals surface area contributed by atoms with Crippen LogP contribution in [0.2, 0.25) is 0 Å². The van der Waals surface area contributed by atoms with Crippen LogP contribution in [0.5, 0.6) is 5.88 Å². The molecule has 0 atom stereocenters. The van der Waals surface area contributed by atoms with Crippen LogP contribution in [0.25, 0.3) is 0 Å². The topological polar surface area (TPSA) is 84.3 Å². The summed E-state index contributed by atoms with van der Waals surface area (Å²) in [6.07, 6.45) is 1.55. The Bertz CT molecular complexity index is 444. The Hall–Kier alpha value is -1.85. The maximum absolute atomic E-state index is 11.3. The highest BCUT2D eigenvalue weighted by Gasteiger charge is 2.44. The number of carboxylic acids is 1. The Morgan fingerprint density at radius 1 is 1.39 bits per heavy atom. The molecule has 1 rings (SSSR count). The zero-order valence-corrected chi connectivity index (χ0v) is 11.3. The molecule has 1 heterocycles. The van der Waals surface area contributed by atoms with Gasteiger partial charge in [-0.3, -0.25) is 4.79 Å². The number of aliphatic carboxylic acids is 1. The molecule has 0 amide bonds. The Kier molecular flexibility index (Phi) is 3.79. The molecule has 100 valence electrons. The quantitative estimate of drug-likeness (QED) is 0.832. The lowest BCUT2D eigenvalue weighted by Crippen LogP contribution is -2.50. The number of anilines is 1. The SMILES string of the molecule is COc1ccnc(NC(C)(C)C(C)(C)C(=O)O)n1. The van der Waals surface area contributed by atoms with Crippen LogP contribution in [0, 0.1) is 5.41 Å². The average molecular weight is 253 g/mol. The van der Waals surface area contributed by atoms with Crippen molar-refractivity contribution in [3.8, 4) is 5.88 Å². The van der Waals surface area contributed by atoms with Gasteiger partial charge in [0.05, 0.1) is 18.1 Å². The summed E-state index contributed by atoms with van der Waals surface area (Å²) in [7, 11) is 1.51. The standard InChI is InChI=1S/C12H19N3O3/c1-11(2,9(16)17)12(3,4)15-10-13-7-6-8(14-10)18-5/h6-7H,1-5H3,(H,16,17)(H,13,14,15). The molecule has 0 aromatic carbocycles. The van der Waals surface area contributed by atoms with Gasteiger partial charge in [-0.2, -0.15) is 4.98 Å². The maximum atomic E-state index is 11.3. The minimum atomic E-state index is -0.973. The molecule has 0 saturated heterocycles. The lowest BCUT2D eigenvalue weighted by atomic mass is 9.74. The minimum Gasteiger partial charge on any atom is -0.481 e. The van der Waals surface area contributed by atoms with E-state index in [-0.39, 0.29) is 0 Å². The zero-order valence-electron chi connectivity index (χ0n) is 11.3. The largest absolute Gasteiger partial charge is 0.481 e. The maximum Gasteiger partial charge on any atom is 0.311 e. The van der Waals surface area contributed by atoms with E-state index in [1.54, 1.807) is 40.0 Å². The van der Waals surface area contributed by atoms with E-state index in [4.69, 9.17) is 4.74 Å². The van der Waals surface area contributed by atoms with Crippen molar-refractivity contribution < 1.29 is 14.6 Å². The smallest absolute Gasteiger partial charge is 0.311 e. The van der Waals surface area contributed by atoms with E-state index in [9.17, 15) is 9.90 Å². The zero-order chi connectivity index (χ0) is 14.0. The number of carboxylic acid groups (broad SMARTS) is 1. The van der Waals surface area contributed by atoms with Crippen LogP contribution in [0.1, 0.15) is 27.7 Å². The second-order valence-electron chi connectivity index (χ2n) is 5.10. The van der Waals surface area contributed by atoms with Crippen LogP contribution in [0.15, 0.2) is 12.3 Å². The number of hydrogen-bond acceptors (Lipinski definition) is 5. The van der Waals surface area contributed by atoms with Crippen molar-refractivity contribution in [1.82, 2.24) is 9.97 Å². The molecular weight excluding hydrogens is 234 g/mol. The Morgan fingerprint density at radius 3 is 2.50 bits per heavy atom. The summed E-state index contributed by atoms with van der Waals surface area (Å²) >= 11 is 0. The van der Waals surface area contributed by atoms with Crippen molar-refractivity contribution in [2.45, 2.75) is 33.2 Å². The third-order valence-electron chi connectivity index (χ3n) is 3.36. The van der Waals surface area contributed by atoms with Crippen molar-refractivity contribution in [3.05, 3.63) is 12.3 Å². The first kappa shape index (κ1) is 14.2. The number of ether oxygens (including phenoxy) is 1. The van der Waals surface area contributed by atoms with E-state index < -0.39 is 16.9 Å². The normalized spacial score (nSPS) is 12.1. The number of nitrogens with one attached hydrogen (secondary N) is 1. The third-order valence-corrected chi connectivity index (χ3v) is 3.36. The summed E-state index contributed by atoms with van der Waals surface area (Å²) in [5.41, 5.74) is -1.69. The van der Waals surface area contributed by atoms with Crippen LogP contribution >= 0.6 is 0 Å². The van der Waals surface area contributed by atoms with E-state index in [0.29, 0.717) is 11.8 Å². The minimum absolute atomic E-state index is 0.341. The first-order valence-corrected chi connectivity index (χ1v) is 5.59. The summed E-state index contributed by atoms with van der Waals surface area (Å²) in [6.45, 7) is 6.90. The molecule has 0 unspecified atom stereocenters. The lowest BCUT2D eigenvalue weighted by Gasteiger charge is -2.38. The van der Waals surface area contributed by atoms with Crippen LogP contribution in [-0.4, -0.2) is 33.7 Å². The predicted octanol–water partition coefficient (Wildman–Crippen LogP) is 1.79. The average Bonchev–Trinajstić information content (AvgIpc) is 2.28. The number of hydrogen-bond donors (Lipinski definition) is 2. The third kappa shape index (κ3) is 2.69. The first-order chi connectivity index (χ1) is 8.20. The summed E-state index contributed by atoms with van der Waals surface area (Å²) in [6, 6.07) is 1.63. The molecule has 0 fully saturated rings. The molecule has 0 saturated carbocycles. The Morgan fingerprint density at radius 2 is 2.00 bits per heavy atom. The van der Waals surface area contributed by atoms with Gasteiger partial charge >= 0.3 is 5.97 Å². The highest BCUT2D eigenvalue weighted by atomic mass is 16.5. The first-order valence-electron chi connectivity index (χ1n) is 5.59. The lowest BCUT2D eigenvalue weighted by molar-refractivity contribution is -0.149. The number of aromatic nitrogens is 2. The van der Waals surface area contributed by atoms with E-state index in [0.717, 1.165) is 0 Å². The summed E-state index contributed by atoms with van der Waals surface area (Å²) in [4.78, 5) is 19.4. The van der Waals surface area contributed by atoms with E-state index >= 15 is 0 Å². The molecule has 0 radical (unpaired) electrons. The number of rotatable bonds is 5. The van der Waals surface area contributed by atoms with Crippen molar-refractivity contribution in [1.29, 1.82) is 0 Å². The van der Waals surface area contributed by atoms with E-state index in [1.165, 1.54) is 7.11 Å². The van der Waals surface area contributed by atoms with Crippen molar-refractivity contribution in [2.24, 2.45) is 5.41 Å². The molecule has 0 aliphatic carbocycles. The monoisotopic (exact) mass is 253 g/mol. The highest BCUT2D eigenvalue weighted by molar-refractivity contribution is 5.76. The van der Waals surface area contributed by atoms with Crippen molar-refractivity contribution in [3.63, 3.8) is 0 Å². The fraction of sp³-hybridized carbons (Fsp3) is 0.583. The highest BCUT2D eigenvalue weighted by Crippen LogP contribution is 2.33. The summed E-state index contributed by atoms with van der Waals surface area (Å²) in [5.74, 6) is -0.118. The van der Waals surface area contributed by atoms with Gasteiger partial charge in [-0.05, 0) is 27.7 Å². The Balaban J connectivity index is 2.98. The van der Waals surface area contributed by atoms with Gasteiger partial charge in [0.15, 0.2) is 0 Å². The molecule has 0 bridgehead atoms. The molecule has 0 spiro atoms. The second-order valence-corrected chi connectivity index (χ2v) is 5.10. The fourth-order valence-electron chi connectivity index (χ4n) is 1.22. The Labute approximate surface area is 106 Å². The van der Waals surface area contributed by atoms with Gasteiger partial charge in [0, 0.05) is 12.3 Å². The molecule has 2 N–H and O–H groups in total. The molecule has 18 heavy (non-hydrogen) atoms. The fourth-order valence-corrected chi connectivity index (χ4v) is 1.22. The summed E-state index contributed by atoms with van der Waals surface area (Å²) in [5, 5.41) is 12.3. The van der Waals surface area contributed by atoms with Crippen molar-refractivity contribution in [2.75, 3.05) is 12.4 Å². The van der Waals surface area contributed by atoms with E-state index in [2.05, 4.69) is 15.3 Å². The second kappa shape index (κ2) is 4.80. The summed E-state index contributed by atoms with van der Waals surface area (Å²) < 4.78 is 4.99. The van der Waals surface area contributed by atoms with Gasteiger partial charge in [0.1, 0.15) is 0 Å². The van der Waals surface area contributed by atoms with Crippen LogP contribution in [0.3, 0.4) is 0 Å². The molecule has 1 aromatic rings. The van der Waals surface area contributed by atoms with Crippen LogP contribution in [0.4, 0.5) is 5.95 Å². The molecule has 6 heteroatoms. The molecule has 0 aliphatic rings. The van der Waals surface area contributed by atoms with Gasteiger partial charge in [-0.25, -0.2) is 4.98 Å². The van der Waals surface area contributed by atoms with Gasteiger partial charge in [-0.15, -0.1) is 0 Å². The molecule has 6 nitrogen and oxygen atoms in total. The van der Waals surface area contributed by atoms with Gasteiger partial charge in [-0.1, -0.05) is 0 Å². The van der Waals surface area contributed by atoms with Crippen molar-refractivity contribution >= 4 is 11.9 Å². The number of methoxy groups -OCH3 is 1. The molecule has 0 aliphatic heterocycles. The number of carbonyl (C=O) groups is 1. The van der Waals surface area contributed by atoms with Gasteiger partial charge in [0.2, 0.25) is 11.8 Å². The molecule has 1 aromatic heterocycles. The van der Waals surface area contributed by atoms with E-state index in [1.807, 2.05) is 0 Å². The number of nitrogens with zero attached hydrogens (tertiary/aromatic N) is 2. The van der Waals surface area contributed by atoms with Gasteiger partial charge < -0.3 is 15.2 Å². The van der Waals surface area contributed by atoms with Crippen LogP contribution < -0.4 is 10.1 Å². The van der Waals surface area contributed by atoms with Crippen LogP contribution in [-0.2, 0) is 4.79 Å². The molecular formula is C12H19N3O3. The predicted molar refractivity (Wildman–Crippen MR) is 67.7 cm³/mol. The van der Waals surface area contributed by atoms with Gasteiger partial charge in [0.25, 0.3) is 0 Å².